The molecule has 0 bridgehead atoms. The molecule has 6 heteroatoms. The third-order valence-corrected chi connectivity index (χ3v) is 3.01. The van der Waals surface area contributed by atoms with Gasteiger partial charge < -0.3 is 4.42 Å². The van der Waals surface area contributed by atoms with Crippen LogP contribution in [0.1, 0.15) is 30.5 Å². The minimum Gasteiger partial charge on any atom is -0.437 e. The summed E-state index contributed by atoms with van der Waals surface area (Å²) < 4.78 is 8.26. The highest BCUT2D eigenvalue weighted by Gasteiger charge is 2.29. The van der Waals surface area contributed by atoms with Crippen LogP contribution in [0, 0.1) is 18.6 Å². The van der Waals surface area contributed by atoms with E-state index in [9.17, 15) is 0 Å². The van der Waals surface area contributed by atoms with Crippen molar-refractivity contribution in [3.05, 3.63) is 16.4 Å². The Balaban J connectivity index is 2.19. The van der Waals surface area contributed by atoms with E-state index in [4.69, 9.17) is 16.6 Å². The van der Waals surface area contributed by atoms with Gasteiger partial charge in [-0.05, 0) is 32.0 Å². The Morgan fingerprint density at radius 3 is 2.75 bits per heavy atom. The summed E-state index contributed by atoms with van der Waals surface area (Å²) in [5, 5.41) is 7.05. The maximum atomic E-state index is 5.57. The van der Waals surface area contributed by atoms with Crippen LogP contribution in [0.3, 0.4) is 0 Å². The Morgan fingerprint density at radius 1 is 1.44 bits per heavy atom. The molecule has 0 atom stereocenters. The van der Waals surface area contributed by atoms with Crippen molar-refractivity contribution >= 4 is 12.2 Å². The lowest BCUT2D eigenvalue weighted by Gasteiger charge is -2.01. The van der Waals surface area contributed by atoms with Gasteiger partial charge in [0.15, 0.2) is 16.4 Å². The van der Waals surface area contributed by atoms with Crippen LogP contribution in [0.2, 0.25) is 0 Å². The third kappa shape index (κ3) is 1.41. The summed E-state index contributed by atoms with van der Waals surface area (Å²) in [6, 6.07) is 0.478. The molecule has 2 aromatic heterocycles. The molecule has 0 spiro atoms. The first-order chi connectivity index (χ1) is 7.66. The summed E-state index contributed by atoms with van der Waals surface area (Å²) >= 11 is 5.22. The van der Waals surface area contributed by atoms with E-state index in [-0.39, 0.29) is 0 Å². The zero-order valence-electron chi connectivity index (χ0n) is 9.15. The molecule has 0 saturated heterocycles. The molecule has 1 saturated carbocycles. The number of aromatic nitrogens is 4. The number of H-pyrrole nitrogens is 1. The second kappa shape index (κ2) is 3.28. The number of aromatic amines is 1. The molecule has 1 aliphatic carbocycles. The molecule has 1 aliphatic rings. The van der Waals surface area contributed by atoms with Crippen LogP contribution in [-0.2, 0) is 0 Å². The molecule has 0 amide bonds. The minimum atomic E-state index is 0.478. The first kappa shape index (κ1) is 9.77. The van der Waals surface area contributed by atoms with Gasteiger partial charge in [-0.3, -0.25) is 9.67 Å². The standard InChI is InChI=1S/C10H12N4OS/c1-5-8(15-6(2)11-5)9-12-13-10(16)14(9)7-3-4-7/h7H,3-4H2,1-2H3,(H,13,16). The van der Waals surface area contributed by atoms with Gasteiger partial charge >= 0.3 is 0 Å². The van der Waals surface area contributed by atoms with Gasteiger partial charge in [-0.2, -0.15) is 5.10 Å². The van der Waals surface area contributed by atoms with Gasteiger partial charge in [0.05, 0.1) is 5.69 Å². The fourth-order valence-electron chi connectivity index (χ4n) is 1.88. The summed E-state index contributed by atoms with van der Waals surface area (Å²) in [6.07, 6.45) is 2.32. The van der Waals surface area contributed by atoms with E-state index in [0.717, 1.165) is 30.1 Å². The molecule has 0 aliphatic heterocycles. The van der Waals surface area contributed by atoms with Crippen LogP contribution in [0.15, 0.2) is 4.42 Å². The number of hydrogen-bond acceptors (Lipinski definition) is 4. The van der Waals surface area contributed by atoms with Gasteiger partial charge in [-0.25, -0.2) is 4.98 Å². The van der Waals surface area contributed by atoms with E-state index in [0.29, 0.717) is 16.7 Å². The van der Waals surface area contributed by atoms with Crippen LogP contribution in [0.5, 0.6) is 0 Å². The SMILES string of the molecule is Cc1nc(C)c(-c2n[nH]c(=S)n2C2CC2)o1. The van der Waals surface area contributed by atoms with Gasteiger partial charge in [0.1, 0.15) is 0 Å². The number of aryl methyl sites for hydroxylation is 2. The number of nitrogens with zero attached hydrogens (tertiary/aromatic N) is 3. The lowest BCUT2D eigenvalue weighted by molar-refractivity contribution is 0.525. The Hall–Kier alpha value is -1.43. The largest absolute Gasteiger partial charge is 0.437 e. The highest BCUT2D eigenvalue weighted by atomic mass is 32.1. The molecule has 0 aromatic carbocycles. The summed E-state index contributed by atoms with van der Waals surface area (Å²) in [5.41, 5.74) is 0.855. The molecule has 0 radical (unpaired) electrons. The van der Waals surface area contributed by atoms with Crippen molar-refractivity contribution in [1.29, 1.82) is 0 Å². The molecule has 5 nitrogen and oxygen atoms in total. The topological polar surface area (TPSA) is 59.6 Å². The lowest BCUT2D eigenvalue weighted by atomic mass is 10.3. The van der Waals surface area contributed by atoms with E-state index in [1.807, 2.05) is 18.4 Å². The predicted octanol–water partition coefficient (Wildman–Crippen LogP) is 2.55. The van der Waals surface area contributed by atoms with Crippen LogP contribution in [0.25, 0.3) is 11.6 Å². The second-order valence-electron chi connectivity index (χ2n) is 4.10. The zero-order chi connectivity index (χ0) is 11.3. The average molecular weight is 236 g/mol. The predicted molar refractivity (Wildman–Crippen MR) is 60.7 cm³/mol. The summed E-state index contributed by atoms with van der Waals surface area (Å²) in [5.74, 6) is 2.14. The van der Waals surface area contributed by atoms with Crippen LogP contribution in [0.4, 0.5) is 0 Å². The number of oxazole rings is 1. The molecular weight excluding hydrogens is 224 g/mol. The van der Waals surface area contributed by atoms with Gasteiger partial charge in [0.25, 0.3) is 0 Å². The fraction of sp³-hybridized carbons (Fsp3) is 0.500. The van der Waals surface area contributed by atoms with Crippen molar-refractivity contribution in [2.24, 2.45) is 0 Å². The first-order valence-electron chi connectivity index (χ1n) is 5.28. The molecule has 2 heterocycles. The van der Waals surface area contributed by atoms with Gasteiger partial charge in [-0.15, -0.1) is 0 Å². The first-order valence-corrected chi connectivity index (χ1v) is 5.69. The van der Waals surface area contributed by atoms with Crippen LogP contribution in [-0.4, -0.2) is 19.7 Å². The quantitative estimate of drug-likeness (QED) is 0.814. The fourth-order valence-corrected chi connectivity index (χ4v) is 2.16. The number of rotatable bonds is 2. The summed E-state index contributed by atoms with van der Waals surface area (Å²) in [7, 11) is 0. The Labute approximate surface area is 97.5 Å². The zero-order valence-corrected chi connectivity index (χ0v) is 9.97. The van der Waals surface area contributed by atoms with Crippen molar-refractivity contribution in [1.82, 2.24) is 19.7 Å². The third-order valence-electron chi connectivity index (χ3n) is 2.72. The average Bonchev–Trinajstić information content (AvgIpc) is 2.91. The highest BCUT2D eigenvalue weighted by Crippen LogP contribution is 2.38. The molecule has 84 valence electrons. The summed E-state index contributed by atoms with van der Waals surface area (Å²) in [4.78, 5) is 4.25. The maximum Gasteiger partial charge on any atom is 0.200 e. The van der Waals surface area contributed by atoms with Gasteiger partial charge in [-0.1, -0.05) is 0 Å². The monoisotopic (exact) mass is 236 g/mol. The van der Waals surface area contributed by atoms with Crippen LogP contribution < -0.4 is 0 Å². The molecule has 1 N–H and O–H groups in total. The van der Waals surface area contributed by atoms with Crippen molar-refractivity contribution in [3.8, 4) is 11.6 Å². The second-order valence-corrected chi connectivity index (χ2v) is 4.49. The number of hydrogen-bond donors (Lipinski definition) is 1. The molecule has 0 unspecified atom stereocenters. The van der Waals surface area contributed by atoms with Crippen molar-refractivity contribution in [3.63, 3.8) is 0 Å². The van der Waals surface area contributed by atoms with E-state index in [1.165, 1.54) is 0 Å². The Bertz CT molecular complexity index is 590. The van der Waals surface area contributed by atoms with Gasteiger partial charge in [0.2, 0.25) is 5.82 Å². The highest BCUT2D eigenvalue weighted by molar-refractivity contribution is 7.71. The van der Waals surface area contributed by atoms with Crippen molar-refractivity contribution in [2.75, 3.05) is 0 Å². The molecule has 2 aromatic rings. The van der Waals surface area contributed by atoms with Gasteiger partial charge in [0, 0.05) is 13.0 Å². The number of nitrogens with one attached hydrogen (secondary N) is 1. The Kier molecular flexibility index (Phi) is 2.00. The molecule has 1 fully saturated rings. The summed E-state index contributed by atoms with van der Waals surface area (Å²) in [6.45, 7) is 3.75. The van der Waals surface area contributed by atoms with Crippen molar-refractivity contribution in [2.45, 2.75) is 32.7 Å². The van der Waals surface area contributed by atoms with E-state index < -0.39 is 0 Å². The van der Waals surface area contributed by atoms with E-state index in [2.05, 4.69) is 15.2 Å². The van der Waals surface area contributed by atoms with Crippen LogP contribution >= 0.6 is 12.2 Å². The lowest BCUT2D eigenvalue weighted by Crippen LogP contribution is -1.97. The molecular formula is C10H12N4OS. The van der Waals surface area contributed by atoms with Crippen molar-refractivity contribution < 1.29 is 4.42 Å². The van der Waals surface area contributed by atoms with E-state index >= 15 is 0 Å². The molecule has 16 heavy (non-hydrogen) atoms. The normalized spacial score (nSPS) is 15.6. The minimum absolute atomic E-state index is 0.478. The smallest absolute Gasteiger partial charge is 0.200 e. The Morgan fingerprint density at radius 2 is 2.19 bits per heavy atom. The molecule has 3 rings (SSSR count). The van der Waals surface area contributed by atoms with E-state index in [1.54, 1.807) is 0 Å². The maximum absolute atomic E-state index is 5.57.